The molecular formula is C11H15BrClN. The number of halogens is 2. The summed E-state index contributed by atoms with van der Waals surface area (Å²) < 4.78 is 1.12. The molecule has 1 nitrogen and oxygen atoms in total. The van der Waals surface area contributed by atoms with Gasteiger partial charge in [0.05, 0.1) is 0 Å². The van der Waals surface area contributed by atoms with Gasteiger partial charge >= 0.3 is 0 Å². The number of rotatable bonds is 3. The molecule has 0 aliphatic carbocycles. The smallest absolute Gasteiger partial charge is 0.0330 e. The van der Waals surface area contributed by atoms with Crippen molar-refractivity contribution in [3.63, 3.8) is 0 Å². The zero-order valence-corrected chi connectivity index (χ0v) is 10.6. The van der Waals surface area contributed by atoms with Gasteiger partial charge in [-0.1, -0.05) is 34.1 Å². The van der Waals surface area contributed by atoms with Gasteiger partial charge in [-0.2, -0.15) is 0 Å². The van der Waals surface area contributed by atoms with Crippen LogP contribution in [0, 0.1) is 6.92 Å². The van der Waals surface area contributed by atoms with Crippen LogP contribution in [0.1, 0.15) is 23.6 Å². The zero-order chi connectivity index (χ0) is 9.84. The van der Waals surface area contributed by atoms with Crippen molar-refractivity contribution >= 4 is 28.3 Å². The second kappa shape index (κ2) is 6.23. The largest absolute Gasteiger partial charge is 0.324 e. The molecule has 0 aromatic heterocycles. The fraction of sp³-hybridized carbons (Fsp3) is 0.273. The molecule has 0 amide bonds. The Morgan fingerprint density at radius 2 is 2.21 bits per heavy atom. The fourth-order valence-electron chi connectivity index (χ4n) is 1.16. The van der Waals surface area contributed by atoms with Crippen LogP contribution >= 0.6 is 28.3 Å². The van der Waals surface area contributed by atoms with Gasteiger partial charge in [-0.05, 0) is 30.5 Å². The van der Waals surface area contributed by atoms with Gasteiger partial charge < -0.3 is 5.73 Å². The molecule has 2 N–H and O–H groups in total. The van der Waals surface area contributed by atoms with Crippen molar-refractivity contribution in [2.24, 2.45) is 5.73 Å². The maximum Gasteiger partial charge on any atom is 0.0330 e. The van der Waals surface area contributed by atoms with Crippen LogP contribution in [-0.2, 0) is 0 Å². The van der Waals surface area contributed by atoms with E-state index in [0.717, 1.165) is 16.5 Å². The fourth-order valence-corrected chi connectivity index (χ4v) is 1.55. The van der Waals surface area contributed by atoms with Crippen LogP contribution in [0.4, 0.5) is 0 Å². The molecule has 0 heterocycles. The highest BCUT2D eigenvalue weighted by Crippen LogP contribution is 2.22. The summed E-state index contributed by atoms with van der Waals surface area (Å²) in [5.41, 5.74) is 8.31. The Morgan fingerprint density at radius 1 is 1.57 bits per heavy atom. The summed E-state index contributed by atoms with van der Waals surface area (Å²) in [6.07, 6.45) is 2.66. The Balaban J connectivity index is 0.00000169. The highest BCUT2D eigenvalue weighted by atomic mass is 79.9. The topological polar surface area (TPSA) is 26.0 Å². The molecular weight excluding hydrogens is 261 g/mol. The Hall–Kier alpha value is -0.310. The van der Waals surface area contributed by atoms with Gasteiger partial charge in [-0.25, -0.2) is 0 Å². The first-order valence-electron chi connectivity index (χ1n) is 4.27. The highest BCUT2D eigenvalue weighted by molar-refractivity contribution is 9.10. The van der Waals surface area contributed by atoms with Gasteiger partial charge in [-0.15, -0.1) is 19.0 Å². The van der Waals surface area contributed by atoms with E-state index in [0.29, 0.717) is 0 Å². The van der Waals surface area contributed by atoms with Crippen molar-refractivity contribution in [2.45, 2.75) is 19.4 Å². The van der Waals surface area contributed by atoms with Gasteiger partial charge in [0.1, 0.15) is 0 Å². The van der Waals surface area contributed by atoms with Crippen molar-refractivity contribution in [1.29, 1.82) is 0 Å². The summed E-state index contributed by atoms with van der Waals surface area (Å²) >= 11 is 3.48. The molecule has 14 heavy (non-hydrogen) atoms. The molecule has 0 bridgehead atoms. The Morgan fingerprint density at radius 3 is 2.71 bits per heavy atom. The van der Waals surface area contributed by atoms with Crippen LogP contribution in [-0.4, -0.2) is 0 Å². The minimum absolute atomic E-state index is 0. The van der Waals surface area contributed by atoms with Gasteiger partial charge in [0.2, 0.25) is 0 Å². The molecule has 1 rings (SSSR count). The third-order valence-corrected chi connectivity index (χ3v) is 2.90. The third kappa shape index (κ3) is 3.45. The van der Waals surface area contributed by atoms with E-state index in [1.807, 2.05) is 6.08 Å². The van der Waals surface area contributed by atoms with E-state index in [1.54, 1.807) is 0 Å². The van der Waals surface area contributed by atoms with Gasteiger partial charge in [0.25, 0.3) is 0 Å². The number of nitrogens with two attached hydrogens (primary N) is 1. The third-order valence-electron chi connectivity index (χ3n) is 2.04. The lowest BCUT2D eigenvalue weighted by atomic mass is 10.0. The summed E-state index contributed by atoms with van der Waals surface area (Å²) in [6.45, 7) is 5.74. The predicted octanol–water partition coefficient (Wildman–Crippen LogP) is 3.76. The maximum atomic E-state index is 5.93. The average Bonchev–Trinajstić information content (AvgIpc) is 2.10. The molecule has 0 unspecified atom stereocenters. The quantitative estimate of drug-likeness (QED) is 0.836. The van der Waals surface area contributed by atoms with Gasteiger partial charge in [-0.3, -0.25) is 0 Å². The predicted molar refractivity (Wildman–Crippen MR) is 67.9 cm³/mol. The molecule has 0 spiro atoms. The van der Waals surface area contributed by atoms with Crippen molar-refractivity contribution in [3.05, 3.63) is 46.5 Å². The average molecular weight is 277 g/mol. The van der Waals surface area contributed by atoms with Crippen molar-refractivity contribution in [1.82, 2.24) is 0 Å². The molecule has 0 saturated carbocycles. The minimum Gasteiger partial charge on any atom is -0.324 e. The molecule has 1 atom stereocenters. The summed E-state index contributed by atoms with van der Waals surface area (Å²) in [6, 6.07) is 6.27. The number of benzene rings is 1. The Kier molecular flexibility index (Phi) is 6.09. The number of hydrogen-bond donors (Lipinski definition) is 1. The molecule has 78 valence electrons. The molecule has 0 aliphatic rings. The van der Waals surface area contributed by atoms with Crippen LogP contribution < -0.4 is 5.73 Å². The van der Waals surface area contributed by atoms with Crippen molar-refractivity contribution in [2.75, 3.05) is 0 Å². The molecule has 0 fully saturated rings. The minimum atomic E-state index is 0. The normalized spacial score (nSPS) is 11.6. The molecule has 0 saturated heterocycles. The molecule has 1 aromatic rings. The summed E-state index contributed by atoms with van der Waals surface area (Å²) in [5.74, 6) is 0. The van der Waals surface area contributed by atoms with E-state index in [9.17, 15) is 0 Å². The van der Waals surface area contributed by atoms with Crippen LogP contribution in [0.2, 0.25) is 0 Å². The highest BCUT2D eigenvalue weighted by Gasteiger charge is 2.04. The van der Waals surface area contributed by atoms with Crippen molar-refractivity contribution < 1.29 is 0 Å². The molecule has 0 aliphatic heterocycles. The lowest BCUT2D eigenvalue weighted by molar-refractivity contribution is 0.741. The lowest BCUT2D eigenvalue weighted by Crippen LogP contribution is -2.08. The van der Waals surface area contributed by atoms with E-state index in [1.165, 1.54) is 5.56 Å². The Bertz CT molecular complexity index is 312. The first-order valence-corrected chi connectivity index (χ1v) is 5.07. The first-order chi connectivity index (χ1) is 6.15. The second-order valence-electron chi connectivity index (χ2n) is 3.14. The summed E-state index contributed by atoms with van der Waals surface area (Å²) in [5, 5.41) is 0. The monoisotopic (exact) mass is 275 g/mol. The molecule has 1 aromatic carbocycles. The molecule has 3 heteroatoms. The van der Waals surface area contributed by atoms with E-state index < -0.39 is 0 Å². The Labute approximate surface area is 99.9 Å². The lowest BCUT2D eigenvalue weighted by Gasteiger charge is -2.10. The molecule has 0 radical (unpaired) electrons. The summed E-state index contributed by atoms with van der Waals surface area (Å²) in [4.78, 5) is 0. The van der Waals surface area contributed by atoms with Crippen LogP contribution in [0.3, 0.4) is 0 Å². The van der Waals surface area contributed by atoms with E-state index >= 15 is 0 Å². The number of hydrogen-bond acceptors (Lipinski definition) is 1. The van der Waals surface area contributed by atoms with E-state index in [-0.39, 0.29) is 18.4 Å². The van der Waals surface area contributed by atoms with Gasteiger partial charge in [0, 0.05) is 10.5 Å². The van der Waals surface area contributed by atoms with E-state index in [4.69, 9.17) is 5.73 Å². The van der Waals surface area contributed by atoms with Gasteiger partial charge in [0.15, 0.2) is 0 Å². The SMILES string of the molecule is C=CC[C@@H](N)c1ccc(C)c(Br)c1.Cl. The zero-order valence-electron chi connectivity index (χ0n) is 8.16. The van der Waals surface area contributed by atoms with E-state index in [2.05, 4.69) is 47.6 Å². The number of aryl methyl sites for hydroxylation is 1. The first kappa shape index (κ1) is 13.7. The second-order valence-corrected chi connectivity index (χ2v) is 3.99. The van der Waals surface area contributed by atoms with Crippen molar-refractivity contribution in [3.8, 4) is 0 Å². The van der Waals surface area contributed by atoms with Crippen LogP contribution in [0.25, 0.3) is 0 Å². The van der Waals surface area contributed by atoms with Crippen LogP contribution in [0.5, 0.6) is 0 Å². The standard InChI is InChI=1S/C11H14BrN.ClH/c1-3-4-11(13)9-6-5-8(2)10(12)7-9;/h3,5-7,11H,1,4,13H2,2H3;1H/t11-;/m1./s1. The van der Waals surface area contributed by atoms with Crippen LogP contribution in [0.15, 0.2) is 35.3 Å². The maximum absolute atomic E-state index is 5.93. The summed E-state index contributed by atoms with van der Waals surface area (Å²) in [7, 11) is 0.